The van der Waals surface area contributed by atoms with Gasteiger partial charge in [-0.15, -0.1) is 0 Å². The Morgan fingerprint density at radius 2 is 1.79 bits per heavy atom. The molecule has 0 spiro atoms. The Morgan fingerprint density at radius 3 is 2.50 bits per heavy atom. The molecule has 1 aliphatic heterocycles. The number of carboxylic acid groups (broad SMARTS) is 1. The fourth-order valence-corrected chi connectivity index (χ4v) is 5.80. The van der Waals surface area contributed by atoms with Gasteiger partial charge in [0.1, 0.15) is 5.82 Å². The van der Waals surface area contributed by atoms with Crippen molar-refractivity contribution < 1.29 is 18.7 Å². The first kappa shape index (κ1) is 25.8. The summed E-state index contributed by atoms with van der Waals surface area (Å²) in [4.78, 5) is 13.9. The summed E-state index contributed by atoms with van der Waals surface area (Å²) >= 11 is 0. The van der Waals surface area contributed by atoms with Crippen LogP contribution in [0.25, 0.3) is 11.1 Å². The van der Waals surface area contributed by atoms with Crippen molar-refractivity contribution >= 4 is 17.1 Å². The number of hydrogen-bond donors (Lipinski definition) is 1. The fourth-order valence-electron chi connectivity index (χ4n) is 5.80. The maximum Gasteiger partial charge on any atom is 0.335 e. The molecule has 1 fully saturated rings. The van der Waals surface area contributed by atoms with Gasteiger partial charge in [-0.1, -0.05) is 36.4 Å². The maximum absolute atomic E-state index is 14.0. The van der Waals surface area contributed by atoms with Crippen LogP contribution >= 0.6 is 0 Å². The van der Waals surface area contributed by atoms with Crippen molar-refractivity contribution in [3.8, 4) is 6.07 Å². The van der Waals surface area contributed by atoms with Crippen LogP contribution in [0.15, 0.2) is 60.7 Å². The van der Waals surface area contributed by atoms with Crippen molar-refractivity contribution in [1.29, 1.82) is 5.26 Å². The number of carboxylic acids is 1. The lowest BCUT2D eigenvalue weighted by atomic mass is 9.85. The van der Waals surface area contributed by atoms with Gasteiger partial charge in [-0.05, 0) is 101 Å². The van der Waals surface area contributed by atoms with Crippen LogP contribution in [0.3, 0.4) is 0 Å². The minimum Gasteiger partial charge on any atom is -0.478 e. The molecule has 38 heavy (non-hydrogen) atoms. The minimum absolute atomic E-state index is 0.252. The highest BCUT2D eigenvalue weighted by Crippen LogP contribution is 2.41. The molecule has 0 atom stereocenters. The predicted molar refractivity (Wildman–Crippen MR) is 144 cm³/mol. The van der Waals surface area contributed by atoms with Gasteiger partial charge in [0.15, 0.2) is 0 Å². The van der Waals surface area contributed by atoms with Crippen molar-refractivity contribution in [1.82, 2.24) is 4.90 Å². The Hall–Kier alpha value is -3.82. The molecule has 1 saturated heterocycles. The SMILES string of the molecule is N#Cc1cc(F)ccc1C1=C(c2ccc(CC3CN(CCCF)C3)cc2)c2ccc(C(=O)O)cc2CCC1. The van der Waals surface area contributed by atoms with E-state index in [1.807, 2.05) is 6.07 Å². The molecule has 3 aromatic carbocycles. The molecule has 1 aliphatic carbocycles. The van der Waals surface area contributed by atoms with E-state index in [1.54, 1.807) is 18.2 Å². The lowest BCUT2D eigenvalue weighted by molar-refractivity contribution is 0.0696. The zero-order valence-corrected chi connectivity index (χ0v) is 21.2. The van der Waals surface area contributed by atoms with Gasteiger partial charge in [-0.2, -0.15) is 5.26 Å². The molecular formula is C32H30F2N2O2. The van der Waals surface area contributed by atoms with Gasteiger partial charge in [0, 0.05) is 19.6 Å². The van der Waals surface area contributed by atoms with Crippen LogP contribution in [0.2, 0.25) is 0 Å². The molecule has 0 radical (unpaired) electrons. The summed E-state index contributed by atoms with van der Waals surface area (Å²) in [6, 6.07) is 20.2. The monoisotopic (exact) mass is 512 g/mol. The first-order valence-corrected chi connectivity index (χ1v) is 13.1. The van der Waals surface area contributed by atoms with Gasteiger partial charge < -0.3 is 10.0 Å². The van der Waals surface area contributed by atoms with Crippen molar-refractivity contribution in [3.63, 3.8) is 0 Å². The van der Waals surface area contributed by atoms with Crippen LogP contribution in [-0.2, 0) is 12.8 Å². The highest BCUT2D eigenvalue weighted by atomic mass is 19.1. The number of aromatic carboxylic acids is 1. The van der Waals surface area contributed by atoms with E-state index in [-0.39, 0.29) is 12.2 Å². The molecule has 0 amide bonds. The Kier molecular flexibility index (Phi) is 7.67. The molecule has 0 aromatic heterocycles. The Morgan fingerprint density at radius 1 is 1.03 bits per heavy atom. The summed E-state index contributed by atoms with van der Waals surface area (Å²) in [5, 5.41) is 19.3. The summed E-state index contributed by atoms with van der Waals surface area (Å²) in [6.45, 7) is 2.55. The van der Waals surface area contributed by atoms with Crippen molar-refractivity contribution in [3.05, 3.63) is 105 Å². The third-order valence-electron chi connectivity index (χ3n) is 7.63. The number of likely N-dealkylation sites (tertiary alicyclic amines) is 1. The molecule has 4 nitrogen and oxygen atoms in total. The summed E-state index contributed by atoms with van der Waals surface area (Å²) < 4.78 is 26.4. The van der Waals surface area contributed by atoms with E-state index in [1.165, 1.54) is 17.7 Å². The number of nitrogens with zero attached hydrogens (tertiary/aromatic N) is 2. The van der Waals surface area contributed by atoms with Crippen molar-refractivity contribution in [2.45, 2.75) is 32.1 Å². The highest BCUT2D eigenvalue weighted by Gasteiger charge is 2.27. The number of alkyl halides is 1. The standard InChI is InChI=1S/C32H30F2N2O2/c33-13-2-14-36-19-22(20-36)15-21-5-7-23(8-6-21)31-29-11-9-25(32(37)38)16-24(29)3-1-4-30(31)28-12-10-27(34)17-26(28)18-35/h5-12,16-17,22H,1-4,13-15,19-20H2,(H,37,38). The number of benzene rings is 3. The van der Waals surface area contributed by atoms with Crippen LogP contribution in [0.4, 0.5) is 8.78 Å². The van der Waals surface area contributed by atoms with Crippen LogP contribution in [0.5, 0.6) is 0 Å². The molecule has 6 heteroatoms. The van der Waals surface area contributed by atoms with E-state index >= 15 is 0 Å². The molecule has 0 saturated carbocycles. The predicted octanol–water partition coefficient (Wildman–Crippen LogP) is 6.52. The largest absolute Gasteiger partial charge is 0.478 e. The smallest absolute Gasteiger partial charge is 0.335 e. The zero-order valence-electron chi connectivity index (χ0n) is 21.2. The summed E-state index contributed by atoms with van der Waals surface area (Å²) in [7, 11) is 0. The lowest BCUT2D eigenvalue weighted by Crippen LogP contribution is -2.47. The molecule has 1 N–H and O–H groups in total. The third kappa shape index (κ3) is 5.39. The summed E-state index contributed by atoms with van der Waals surface area (Å²) in [5.74, 6) is -0.839. The average molecular weight is 513 g/mol. The molecule has 2 aliphatic rings. The van der Waals surface area contributed by atoms with Gasteiger partial charge in [-0.3, -0.25) is 4.39 Å². The highest BCUT2D eigenvalue weighted by molar-refractivity contribution is 6.01. The number of hydrogen-bond acceptors (Lipinski definition) is 3. The number of halogens is 2. The quantitative estimate of drug-likeness (QED) is 0.373. The molecular weight excluding hydrogens is 482 g/mol. The van der Waals surface area contributed by atoms with Crippen molar-refractivity contribution in [2.75, 3.05) is 26.3 Å². The van der Waals surface area contributed by atoms with E-state index in [9.17, 15) is 23.9 Å². The Labute approximate surface area is 221 Å². The number of carbonyl (C=O) groups is 1. The van der Waals surface area contributed by atoms with Gasteiger partial charge in [0.05, 0.1) is 23.9 Å². The molecule has 3 aromatic rings. The third-order valence-corrected chi connectivity index (χ3v) is 7.63. The van der Waals surface area contributed by atoms with Gasteiger partial charge >= 0.3 is 5.97 Å². The molecule has 5 rings (SSSR count). The van der Waals surface area contributed by atoms with Crippen molar-refractivity contribution in [2.24, 2.45) is 5.92 Å². The number of fused-ring (bicyclic) bond motifs is 1. The lowest BCUT2D eigenvalue weighted by Gasteiger charge is -2.39. The number of allylic oxidation sites excluding steroid dienone is 1. The number of rotatable bonds is 8. The normalized spacial score (nSPS) is 15.9. The van der Waals surface area contributed by atoms with E-state index in [0.717, 1.165) is 60.3 Å². The summed E-state index contributed by atoms with van der Waals surface area (Å²) in [5.41, 5.74) is 7.33. The van der Waals surface area contributed by atoms with E-state index < -0.39 is 11.8 Å². The topological polar surface area (TPSA) is 64.3 Å². The van der Waals surface area contributed by atoms with Gasteiger partial charge in [0.2, 0.25) is 0 Å². The van der Waals surface area contributed by atoms with Crippen LogP contribution < -0.4 is 0 Å². The maximum atomic E-state index is 14.0. The molecule has 194 valence electrons. The number of nitriles is 1. The summed E-state index contributed by atoms with van der Waals surface area (Å²) in [6.07, 6.45) is 3.75. The Bertz CT molecular complexity index is 1420. The first-order chi connectivity index (χ1) is 18.5. The second-order valence-corrected chi connectivity index (χ2v) is 10.3. The molecule has 0 unspecified atom stereocenters. The molecule has 1 heterocycles. The van der Waals surface area contributed by atoms with Crippen LogP contribution in [0, 0.1) is 23.1 Å². The average Bonchev–Trinajstić information content (AvgIpc) is 3.09. The van der Waals surface area contributed by atoms with Gasteiger partial charge in [0.25, 0.3) is 0 Å². The van der Waals surface area contributed by atoms with E-state index in [0.29, 0.717) is 36.3 Å². The molecule has 0 bridgehead atoms. The second-order valence-electron chi connectivity index (χ2n) is 10.3. The van der Waals surface area contributed by atoms with Crippen LogP contribution in [-0.4, -0.2) is 42.3 Å². The van der Waals surface area contributed by atoms with Crippen LogP contribution in [0.1, 0.15) is 63.0 Å². The minimum atomic E-state index is -0.961. The number of aryl methyl sites for hydroxylation is 1. The van der Waals surface area contributed by atoms with E-state index in [4.69, 9.17) is 0 Å². The zero-order chi connectivity index (χ0) is 26.6. The van der Waals surface area contributed by atoms with E-state index in [2.05, 4.69) is 35.2 Å². The first-order valence-electron chi connectivity index (χ1n) is 13.1. The fraction of sp³-hybridized carbons (Fsp3) is 0.312. The van der Waals surface area contributed by atoms with Gasteiger partial charge in [-0.25, -0.2) is 9.18 Å². The Balaban J connectivity index is 1.53. The second kappa shape index (κ2) is 11.3.